The smallest absolute Gasteiger partial charge is 0.224 e. The number of aliphatic hydroxyl groups excluding tert-OH is 1. The molecule has 0 aliphatic rings. The number of aromatic nitrogens is 2. The number of aliphatic hydroxyl groups is 1. The van der Waals surface area contributed by atoms with Crippen LogP contribution in [0.3, 0.4) is 0 Å². The molecule has 0 aliphatic carbocycles. The predicted molar refractivity (Wildman–Crippen MR) is 122 cm³/mol. The highest BCUT2D eigenvalue weighted by Crippen LogP contribution is 2.35. The summed E-state index contributed by atoms with van der Waals surface area (Å²) in [4.78, 5) is 8.61. The summed E-state index contributed by atoms with van der Waals surface area (Å²) in [6.07, 6.45) is -0.605. The van der Waals surface area contributed by atoms with Gasteiger partial charge in [0, 0.05) is 35.8 Å². The third-order valence-corrected chi connectivity index (χ3v) is 4.64. The van der Waals surface area contributed by atoms with Gasteiger partial charge in [0.1, 0.15) is 24.3 Å². The van der Waals surface area contributed by atoms with Gasteiger partial charge in [0.25, 0.3) is 0 Å². The van der Waals surface area contributed by atoms with E-state index in [0.29, 0.717) is 41.2 Å². The molecule has 3 N–H and O–H groups in total. The molecule has 0 saturated carbocycles. The molecular formula is C22H27ClN4O4. The van der Waals surface area contributed by atoms with Crippen LogP contribution in [0.15, 0.2) is 36.4 Å². The number of rotatable bonds is 10. The molecule has 31 heavy (non-hydrogen) atoms. The van der Waals surface area contributed by atoms with Crippen LogP contribution in [0.4, 0.5) is 11.5 Å². The van der Waals surface area contributed by atoms with E-state index >= 15 is 0 Å². The normalized spacial score (nSPS) is 12.1. The molecule has 3 aromatic rings. The standard InChI is InChI=1S/C22H27ClN4O4/c1-13(2)24-11-15(28)12-31-16-7-5-6-14(8-16)25-21-17-9-19(29-3)20(30-4)10-18(17)26-22(23)27-21/h5-10,13,15,24,28H,11-12H2,1-4H3,(H,25,26,27). The van der Waals surface area contributed by atoms with Crippen LogP contribution in [-0.4, -0.2) is 54.6 Å². The first-order valence-corrected chi connectivity index (χ1v) is 10.3. The molecule has 0 aliphatic heterocycles. The summed E-state index contributed by atoms with van der Waals surface area (Å²) >= 11 is 6.13. The van der Waals surface area contributed by atoms with Gasteiger partial charge in [-0.25, -0.2) is 4.98 Å². The van der Waals surface area contributed by atoms with Crippen molar-refractivity contribution in [3.63, 3.8) is 0 Å². The van der Waals surface area contributed by atoms with Gasteiger partial charge < -0.3 is 30.0 Å². The van der Waals surface area contributed by atoms with Gasteiger partial charge in [-0.3, -0.25) is 0 Å². The number of benzene rings is 2. The topological polar surface area (TPSA) is 97.8 Å². The third kappa shape index (κ3) is 6.10. The minimum Gasteiger partial charge on any atom is -0.493 e. The molecule has 166 valence electrons. The second-order valence-electron chi connectivity index (χ2n) is 7.25. The maximum Gasteiger partial charge on any atom is 0.224 e. The fourth-order valence-corrected chi connectivity index (χ4v) is 3.12. The van der Waals surface area contributed by atoms with Gasteiger partial charge in [0.2, 0.25) is 5.28 Å². The molecular weight excluding hydrogens is 420 g/mol. The van der Waals surface area contributed by atoms with Crippen molar-refractivity contribution in [3.8, 4) is 17.2 Å². The van der Waals surface area contributed by atoms with Gasteiger partial charge in [-0.1, -0.05) is 19.9 Å². The molecule has 0 saturated heterocycles. The Morgan fingerprint density at radius 2 is 1.81 bits per heavy atom. The van der Waals surface area contributed by atoms with Gasteiger partial charge in [0.05, 0.1) is 19.7 Å². The summed E-state index contributed by atoms with van der Waals surface area (Å²) in [6.45, 7) is 4.70. The van der Waals surface area contributed by atoms with Crippen molar-refractivity contribution in [2.75, 3.05) is 32.7 Å². The average Bonchev–Trinajstić information content (AvgIpc) is 2.75. The van der Waals surface area contributed by atoms with Crippen LogP contribution in [0.5, 0.6) is 17.2 Å². The maximum absolute atomic E-state index is 10.0. The summed E-state index contributed by atoms with van der Waals surface area (Å²) in [5, 5.41) is 17.3. The van der Waals surface area contributed by atoms with Gasteiger partial charge in [-0.2, -0.15) is 4.98 Å². The van der Waals surface area contributed by atoms with E-state index < -0.39 is 6.10 Å². The molecule has 9 heteroatoms. The third-order valence-electron chi connectivity index (χ3n) is 4.47. The van der Waals surface area contributed by atoms with Crippen molar-refractivity contribution in [2.24, 2.45) is 0 Å². The zero-order chi connectivity index (χ0) is 22.4. The molecule has 8 nitrogen and oxygen atoms in total. The van der Waals surface area contributed by atoms with E-state index in [1.165, 1.54) is 0 Å². The van der Waals surface area contributed by atoms with Crippen LogP contribution in [0, 0.1) is 0 Å². The van der Waals surface area contributed by atoms with Gasteiger partial charge in [-0.05, 0) is 29.8 Å². The summed E-state index contributed by atoms with van der Waals surface area (Å²) < 4.78 is 16.5. The molecule has 1 unspecified atom stereocenters. The van der Waals surface area contributed by atoms with Crippen molar-refractivity contribution >= 4 is 34.0 Å². The lowest BCUT2D eigenvalue weighted by Crippen LogP contribution is -2.35. The van der Waals surface area contributed by atoms with Crippen molar-refractivity contribution < 1.29 is 19.3 Å². The van der Waals surface area contributed by atoms with Gasteiger partial charge >= 0.3 is 0 Å². The van der Waals surface area contributed by atoms with Crippen LogP contribution < -0.4 is 24.8 Å². The first kappa shape index (κ1) is 22.9. The number of nitrogens with one attached hydrogen (secondary N) is 2. The highest BCUT2D eigenvalue weighted by Gasteiger charge is 2.13. The minimum atomic E-state index is -0.605. The number of anilines is 2. The Morgan fingerprint density at radius 1 is 1.06 bits per heavy atom. The molecule has 0 radical (unpaired) electrons. The predicted octanol–water partition coefficient (Wildman–Crippen LogP) is 3.78. The lowest BCUT2D eigenvalue weighted by atomic mass is 10.2. The number of fused-ring (bicyclic) bond motifs is 1. The highest BCUT2D eigenvalue weighted by atomic mass is 35.5. The van der Waals surface area contributed by atoms with E-state index in [4.69, 9.17) is 25.8 Å². The molecule has 1 atom stereocenters. The second-order valence-corrected chi connectivity index (χ2v) is 7.58. The molecule has 3 rings (SSSR count). The zero-order valence-electron chi connectivity index (χ0n) is 18.0. The number of methoxy groups -OCH3 is 2. The molecule has 0 amide bonds. The summed E-state index contributed by atoms with van der Waals surface area (Å²) in [6, 6.07) is 11.2. The van der Waals surface area contributed by atoms with Gasteiger partial charge in [0.15, 0.2) is 11.5 Å². The second kappa shape index (κ2) is 10.5. The fraction of sp³-hybridized carbons (Fsp3) is 0.364. The molecule has 1 aromatic heterocycles. The number of halogens is 1. The summed E-state index contributed by atoms with van der Waals surface area (Å²) in [7, 11) is 3.13. The van der Waals surface area contributed by atoms with E-state index in [9.17, 15) is 5.11 Å². The lowest BCUT2D eigenvalue weighted by Gasteiger charge is -2.16. The zero-order valence-corrected chi connectivity index (χ0v) is 18.7. The molecule has 1 heterocycles. The fourth-order valence-electron chi connectivity index (χ4n) is 2.95. The van der Waals surface area contributed by atoms with E-state index in [0.717, 1.165) is 11.1 Å². The van der Waals surface area contributed by atoms with Crippen molar-refractivity contribution in [2.45, 2.75) is 26.0 Å². The van der Waals surface area contributed by atoms with Crippen molar-refractivity contribution in [3.05, 3.63) is 41.7 Å². The number of nitrogens with zero attached hydrogens (tertiary/aromatic N) is 2. The van der Waals surface area contributed by atoms with Crippen LogP contribution in [0.1, 0.15) is 13.8 Å². The Bertz CT molecular complexity index is 1030. The number of ether oxygens (including phenoxy) is 3. The van der Waals surface area contributed by atoms with Crippen LogP contribution in [0.2, 0.25) is 5.28 Å². The van der Waals surface area contributed by atoms with E-state index in [1.54, 1.807) is 26.4 Å². The lowest BCUT2D eigenvalue weighted by molar-refractivity contribution is 0.104. The van der Waals surface area contributed by atoms with E-state index in [-0.39, 0.29) is 11.9 Å². The van der Waals surface area contributed by atoms with E-state index in [1.807, 2.05) is 38.1 Å². The van der Waals surface area contributed by atoms with Crippen molar-refractivity contribution in [1.29, 1.82) is 0 Å². The number of hydrogen-bond acceptors (Lipinski definition) is 8. The first-order valence-electron chi connectivity index (χ1n) is 9.90. The van der Waals surface area contributed by atoms with Crippen molar-refractivity contribution in [1.82, 2.24) is 15.3 Å². The van der Waals surface area contributed by atoms with Crippen LogP contribution >= 0.6 is 11.6 Å². The Morgan fingerprint density at radius 3 is 2.52 bits per heavy atom. The average molecular weight is 447 g/mol. The molecule has 0 spiro atoms. The Kier molecular flexibility index (Phi) is 7.73. The summed E-state index contributed by atoms with van der Waals surface area (Å²) in [5.41, 5.74) is 1.37. The van der Waals surface area contributed by atoms with Crippen LogP contribution in [-0.2, 0) is 0 Å². The molecule has 2 aromatic carbocycles. The number of hydrogen-bond donors (Lipinski definition) is 3. The van der Waals surface area contributed by atoms with Crippen LogP contribution in [0.25, 0.3) is 10.9 Å². The SMILES string of the molecule is COc1cc2nc(Cl)nc(Nc3cccc(OCC(O)CNC(C)C)c3)c2cc1OC. The Labute approximate surface area is 186 Å². The van der Waals surface area contributed by atoms with Gasteiger partial charge in [-0.15, -0.1) is 0 Å². The highest BCUT2D eigenvalue weighted by molar-refractivity contribution is 6.28. The monoisotopic (exact) mass is 446 g/mol. The minimum absolute atomic E-state index is 0.107. The quantitative estimate of drug-likeness (QED) is 0.405. The summed E-state index contributed by atoms with van der Waals surface area (Å²) in [5.74, 6) is 2.26. The van der Waals surface area contributed by atoms with E-state index in [2.05, 4.69) is 20.6 Å². The first-order chi connectivity index (χ1) is 14.9. The maximum atomic E-state index is 10.0. The molecule has 0 fully saturated rings. The Hall–Kier alpha value is -2.81. The largest absolute Gasteiger partial charge is 0.493 e. The molecule has 0 bridgehead atoms. The Balaban J connectivity index is 1.80.